The first-order chi connectivity index (χ1) is 21.7. The minimum atomic E-state index is -1.03. The molecule has 11 nitrogen and oxygen atoms in total. The van der Waals surface area contributed by atoms with E-state index >= 15 is 0 Å². The van der Waals surface area contributed by atoms with Crippen LogP contribution in [0.3, 0.4) is 0 Å². The number of carboxylic acid groups (broad SMARTS) is 1. The van der Waals surface area contributed by atoms with Crippen LogP contribution in [0.25, 0.3) is 0 Å². The number of anilines is 2. The van der Waals surface area contributed by atoms with Gasteiger partial charge in [-0.1, -0.05) is 29.8 Å². The van der Waals surface area contributed by atoms with E-state index < -0.39 is 17.9 Å². The van der Waals surface area contributed by atoms with Gasteiger partial charge < -0.3 is 35.0 Å². The number of aryl methyl sites for hydroxylation is 1. The van der Waals surface area contributed by atoms with E-state index in [9.17, 15) is 24.3 Å². The van der Waals surface area contributed by atoms with Gasteiger partial charge in [-0.25, -0.2) is 0 Å². The molecule has 3 aliphatic rings. The Kier molecular flexibility index (Phi) is 8.59. The van der Waals surface area contributed by atoms with Crippen LogP contribution >= 0.6 is 0 Å². The standard InChI is InChI=1S/C34H36N4O7/c1-21-3-5-22(6-4-21)26(19-31(39)40)35-33(42)24-9-11-28(27(17-24)36-32(41)23-7-8-23)37-13-2-14-38(16-15-37)34(43)25-10-12-29-30(18-25)45-20-44-29/h3-6,9-12,17-18,23,26H,2,7-8,13-16,19-20H2,1H3,(H,35,42)(H,36,41)(H,39,40). The van der Waals surface area contributed by atoms with Crippen molar-refractivity contribution >= 4 is 35.1 Å². The van der Waals surface area contributed by atoms with Gasteiger partial charge in [0.05, 0.1) is 23.8 Å². The van der Waals surface area contributed by atoms with Crippen molar-refractivity contribution in [2.75, 3.05) is 43.2 Å². The first-order valence-electron chi connectivity index (χ1n) is 15.2. The van der Waals surface area contributed by atoms with E-state index in [1.54, 1.807) is 30.3 Å². The molecule has 234 valence electrons. The molecule has 2 heterocycles. The summed E-state index contributed by atoms with van der Waals surface area (Å²) in [7, 11) is 0. The highest BCUT2D eigenvalue weighted by atomic mass is 16.7. The van der Waals surface area contributed by atoms with Gasteiger partial charge in [-0.15, -0.1) is 0 Å². The van der Waals surface area contributed by atoms with Gasteiger partial charge in [0.2, 0.25) is 12.7 Å². The molecule has 2 fully saturated rings. The summed E-state index contributed by atoms with van der Waals surface area (Å²) in [6, 6.07) is 17.0. The Labute approximate surface area is 261 Å². The fourth-order valence-electron chi connectivity index (χ4n) is 5.67. The number of aliphatic carboxylic acids is 1. The Morgan fingerprint density at radius 2 is 1.64 bits per heavy atom. The first kappa shape index (κ1) is 30.0. The van der Waals surface area contributed by atoms with Gasteiger partial charge in [-0.05, 0) is 68.1 Å². The Morgan fingerprint density at radius 3 is 2.40 bits per heavy atom. The number of fused-ring (bicyclic) bond motifs is 1. The number of hydrogen-bond acceptors (Lipinski definition) is 7. The van der Waals surface area contributed by atoms with Crippen LogP contribution in [0, 0.1) is 12.8 Å². The molecule has 3 N–H and O–H groups in total. The second-order valence-electron chi connectivity index (χ2n) is 11.7. The molecule has 11 heteroatoms. The molecule has 45 heavy (non-hydrogen) atoms. The summed E-state index contributed by atoms with van der Waals surface area (Å²) < 4.78 is 10.8. The summed E-state index contributed by atoms with van der Waals surface area (Å²) >= 11 is 0. The maximum atomic E-state index is 13.4. The number of carbonyl (C=O) groups is 4. The number of carbonyl (C=O) groups excluding carboxylic acids is 3. The van der Waals surface area contributed by atoms with E-state index in [0.717, 1.165) is 24.1 Å². The molecule has 0 radical (unpaired) electrons. The normalized spacial score (nSPS) is 16.5. The lowest BCUT2D eigenvalue weighted by Gasteiger charge is -2.27. The maximum absolute atomic E-state index is 13.4. The van der Waals surface area contributed by atoms with E-state index in [1.807, 2.05) is 42.2 Å². The van der Waals surface area contributed by atoms with Gasteiger partial charge in [0.25, 0.3) is 11.8 Å². The topological polar surface area (TPSA) is 138 Å². The van der Waals surface area contributed by atoms with Crippen molar-refractivity contribution in [2.45, 2.75) is 38.6 Å². The molecule has 2 aliphatic heterocycles. The van der Waals surface area contributed by atoms with Crippen LogP contribution in [0.2, 0.25) is 0 Å². The number of rotatable bonds is 9. The quantitative estimate of drug-likeness (QED) is 0.324. The SMILES string of the molecule is Cc1ccc(C(CC(=O)O)NC(=O)c2ccc(N3CCCN(C(=O)c4ccc5c(c4)OCO5)CC3)c(NC(=O)C3CC3)c2)cc1. The fourth-order valence-corrected chi connectivity index (χ4v) is 5.67. The Bertz CT molecular complexity index is 1620. The van der Waals surface area contributed by atoms with Crippen LogP contribution in [-0.2, 0) is 9.59 Å². The summed E-state index contributed by atoms with van der Waals surface area (Å²) in [5, 5.41) is 15.4. The van der Waals surface area contributed by atoms with Gasteiger partial charge in [0, 0.05) is 43.2 Å². The third-order valence-electron chi connectivity index (χ3n) is 8.37. The van der Waals surface area contributed by atoms with Gasteiger partial charge in [0.1, 0.15) is 0 Å². The summed E-state index contributed by atoms with van der Waals surface area (Å²) in [5.74, 6) is -0.506. The number of benzene rings is 3. The molecule has 1 unspecified atom stereocenters. The number of nitrogens with zero attached hydrogens (tertiary/aromatic N) is 2. The number of hydrogen-bond donors (Lipinski definition) is 3. The lowest BCUT2D eigenvalue weighted by atomic mass is 10.0. The van der Waals surface area contributed by atoms with Crippen LogP contribution < -0.4 is 25.0 Å². The van der Waals surface area contributed by atoms with E-state index in [2.05, 4.69) is 15.5 Å². The zero-order chi connectivity index (χ0) is 31.5. The fraction of sp³-hybridized carbons (Fsp3) is 0.353. The Morgan fingerprint density at radius 1 is 0.889 bits per heavy atom. The molecule has 3 amide bonds. The second-order valence-corrected chi connectivity index (χ2v) is 11.7. The van der Waals surface area contributed by atoms with Crippen molar-refractivity contribution in [1.82, 2.24) is 10.2 Å². The molecule has 6 rings (SSSR count). The van der Waals surface area contributed by atoms with E-state index in [-0.39, 0.29) is 30.9 Å². The van der Waals surface area contributed by atoms with E-state index in [4.69, 9.17) is 9.47 Å². The van der Waals surface area contributed by atoms with E-state index in [0.29, 0.717) is 66.5 Å². The lowest BCUT2D eigenvalue weighted by molar-refractivity contribution is -0.137. The van der Waals surface area contributed by atoms with Gasteiger partial charge in [0.15, 0.2) is 11.5 Å². The third kappa shape index (κ3) is 7.03. The number of ether oxygens (including phenoxy) is 2. The maximum Gasteiger partial charge on any atom is 0.305 e. The summed E-state index contributed by atoms with van der Waals surface area (Å²) in [6.07, 6.45) is 2.10. The van der Waals surface area contributed by atoms with Crippen LogP contribution in [-0.4, -0.2) is 66.7 Å². The second kappa shape index (κ2) is 12.9. The summed E-state index contributed by atoms with van der Waals surface area (Å²) in [6.45, 7) is 4.30. The number of amides is 3. The van der Waals surface area contributed by atoms with Gasteiger partial charge in [-0.3, -0.25) is 19.2 Å². The van der Waals surface area contributed by atoms with Crippen molar-refractivity contribution in [1.29, 1.82) is 0 Å². The number of nitrogens with one attached hydrogen (secondary N) is 2. The van der Waals surface area contributed by atoms with Crippen LogP contribution in [0.4, 0.5) is 11.4 Å². The summed E-state index contributed by atoms with van der Waals surface area (Å²) in [4.78, 5) is 55.2. The molecule has 1 aliphatic carbocycles. The van der Waals surface area contributed by atoms with Crippen molar-refractivity contribution in [3.63, 3.8) is 0 Å². The predicted molar refractivity (Wildman–Crippen MR) is 167 cm³/mol. The highest BCUT2D eigenvalue weighted by Crippen LogP contribution is 2.35. The van der Waals surface area contributed by atoms with Crippen molar-refractivity contribution in [3.05, 3.63) is 82.9 Å². The molecule has 0 spiro atoms. The molecule has 1 atom stereocenters. The van der Waals surface area contributed by atoms with Gasteiger partial charge >= 0.3 is 5.97 Å². The number of carboxylic acids is 1. The molecule has 0 aromatic heterocycles. The average molecular weight is 613 g/mol. The highest BCUT2D eigenvalue weighted by Gasteiger charge is 2.31. The molecule has 3 aromatic carbocycles. The molecule has 3 aromatic rings. The molecular formula is C34H36N4O7. The van der Waals surface area contributed by atoms with Crippen LogP contribution in [0.15, 0.2) is 60.7 Å². The molecule has 1 saturated heterocycles. The van der Waals surface area contributed by atoms with E-state index in [1.165, 1.54) is 0 Å². The minimum Gasteiger partial charge on any atom is -0.481 e. The Balaban J connectivity index is 1.20. The average Bonchev–Trinajstić information content (AvgIpc) is 3.82. The van der Waals surface area contributed by atoms with Crippen LogP contribution in [0.1, 0.15) is 63.6 Å². The zero-order valence-electron chi connectivity index (χ0n) is 25.1. The molecule has 1 saturated carbocycles. The highest BCUT2D eigenvalue weighted by molar-refractivity contribution is 6.01. The molecule has 0 bridgehead atoms. The monoisotopic (exact) mass is 612 g/mol. The van der Waals surface area contributed by atoms with Crippen molar-refractivity contribution in [2.24, 2.45) is 5.92 Å². The zero-order valence-corrected chi connectivity index (χ0v) is 25.1. The predicted octanol–water partition coefficient (Wildman–Crippen LogP) is 4.37. The lowest BCUT2D eigenvalue weighted by Crippen LogP contribution is -2.35. The van der Waals surface area contributed by atoms with Crippen molar-refractivity contribution < 1.29 is 33.8 Å². The first-order valence-corrected chi connectivity index (χ1v) is 15.2. The third-order valence-corrected chi connectivity index (χ3v) is 8.37. The Hall–Kier alpha value is -5.06. The largest absolute Gasteiger partial charge is 0.481 e. The van der Waals surface area contributed by atoms with Crippen molar-refractivity contribution in [3.8, 4) is 11.5 Å². The smallest absolute Gasteiger partial charge is 0.305 e. The minimum absolute atomic E-state index is 0.0456. The molecular weight excluding hydrogens is 576 g/mol. The summed E-state index contributed by atoms with van der Waals surface area (Å²) in [5.41, 5.74) is 3.84. The van der Waals surface area contributed by atoms with Gasteiger partial charge in [-0.2, -0.15) is 0 Å². The van der Waals surface area contributed by atoms with Crippen LogP contribution in [0.5, 0.6) is 11.5 Å².